The number of nitrogens with zero attached hydrogens (tertiary/aromatic N) is 1. The number of halogens is 1. The zero-order valence-corrected chi connectivity index (χ0v) is 11.0. The fourth-order valence-electron chi connectivity index (χ4n) is 1.37. The summed E-state index contributed by atoms with van der Waals surface area (Å²) in [6.07, 6.45) is 0. The van der Waals surface area contributed by atoms with Crippen molar-refractivity contribution in [2.45, 2.75) is 13.0 Å². The van der Waals surface area contributed by atoms with E-state index in [1.807, 2.05) is 18.2 Å². The minimum atomic E-state index is 0.137. The van der Waals surface area contributed by atoms with E-state index in [2.05, 4.69) is 40.3 Å². The van der Waals surface area contributed by atoms with Crippen molar-refractivity contribution in [3.63, 3.8) is 0 Å². The Labute approximate surface area is 104 Å². The van der Waals surface area contributed by atoms with Crippen LogP contribution in [0.15, 0.2) is 40.8 Å². The van der Waals surface area contributed by atoms with Crippen LogP contribution in [0.25, 0.3) is 0 Å². The van der Waals surface area contributed by atoms with Crippen molar-refractivity contribution >= 4 is 15.9 Å². The molecule has 0 amide bonds. The highest BCUT2D eigenvalue weighted by Gasteiger charge is 2.10. The Morgan fingerprint density at radius 2 is 1.94 bits per heavy atom. The number of rotatable bonds is 4. The van der Waals surface area contributed by atoms with Gasteiger partial charge in [0.15, 0.2) is 0 Å². The largest absolute Gasteiger partial charge is 0.390 e. The Morgan fingerprint density at radius 1 is 1.38 bits per heavy atom. The molecule has 1 aromatic rings. The number of hydrogen-bond acceptors (Lipinski definition) is 4. The van der Waals surface area contributed by atoms with Gasteiger partial charge in [0.05, 0.1) is 6.04 Å². The predicted molar refractivity (Wildman–Crippen MR) is 70.1 cm³/mol. The van der Waals surface area contributed by atoms with E-state index < -0.39 is 0 Å². The molecule has 16 heavy (non-hydrogen) atoms. The van der Waals surface area contributed by atoms with Crippen LogP contribution in [-0.2, 0) is 0 Å². The van der Waals surface area contributed by atoms with Gasteiger partial charge in [-0.05, 0) is 28.4 Å². The average molecular weight is 285 g/mol. The number of hydrogen-bond donors (Lipinski definition) is 3. The summed E-state index contributed by atoms with van der Waals surface area (Å²) in [5, 5.41) is 4.69. The van der Waals surface area contributed by atoms with Crippen molar-refractivity contribution in [2.75, 3.05) is 7.05 Å². The maximum absolute atomic E-state index is 5.68. The van der Waals surface area contributed by atoms with E-state index in [4.69, 9.17) is 11.6 Å². The third-order valence-corrected chi connectivity index (χ3v) is 2.61. The first-order valence-electron chi connectivity index (χ1n) is 4.97. The number of nitrogens with two attached hydrogens (primary N) is 2. The zero-order valence-electron chi connectivity index (χ0n) is 9.44. The molecule has 0 saturated carbocycles. The van der Waals surface area contributed by atoms with Crippen molar-refractivity contribution < 1.29 is 0 Å². The molecule has 1 atom stereocenters. The molecular formula is C11H17BrN4. The van der Waals surface area contributed by atoms with Crippen molar-refractivity contribution in [1.29, 1.82) is 0 Å². The van der Waals surface area contributed by atoms with Gasteiger partial charge in [0.1, 0.15) is 10.4 Å². The first kappa shape index (κ1) is 12.9. The van der Waals surface area contributed by atoms with Gasteiger partial charge in [-0.2, -0.15) is 0 Å². The third-order valence-electron chi connectivity index (χ3n) is 2.23. The van der Waals surface area contributed by atoms with Crippen molar-refractivity contribution in [3.05, 3.63) is 46.3 Å². The first-order valence-corrected chi connectivity index (χ1v) is 5.77. The minimum absolute atomic E-state index is 0.137. The van der Waals surface area contributed by atoms with Gasteiger partial charge in [-0.25, -0.2) is 5.84 Å². The van der Waals surface area contributed by atoms with E-state index in [0.29, 0.717) is 10.4 Å². The summed E-state index contributed by atoms with van der Waals surface area (Å²) in [6.45, 7) is 2.05. The fourth-order valence-corrected chi connectivity index (χ4v) is 1.76. The highest BCUT2D eigenvalue weighted by Crippen LogP contribution is 2.15. The Bertz CT molecular complexity index is 358. The molecular weight excluding hydrogens is 268 g/mol. The molecule has 0 saturated heterocycles. The number of benzene rings is 1. The molecule has 0 radical (unpaired) electrons. The second kappa shape index (κ2) is 5.77. The molecule has 0 aliphatic heterocycles. The molecule has 0 aliphatic carbocycles. The van der Waals surface area contributed by atoms with Gasteiger partial charge in [-0.3, -0.25) is 5.01 Å². The van der Waals surface area contributed by atoms with E-state index in [9.17, 15) is 0 Å². The SMILES string of the molecule is CC(N/C(=C(/N)Br)N(C)N)c1ccccc1. The van der Waals surface area contributed by atoms with Crippen LogP contribution in [0.4, 0.5) is 0 Å². The lowest BCUT2D eigenvalue weighted by Gasteiger charge is -2.23. The summed E-state index contributed by atoms with van der Waals surface area (Å²) < 4.78 is 0.486. The lowest BCUT2D eigenvalue weighted by molar-refractivity contribution is 0.382. The Kier molecular flexibility index (Phi) is 4.64. The van der Waals surface area contributed by atoms with Crippen LogP contribution in [0.1, 0.15) is 18.5 Å². The van der Waals surface area contributed by atoms with E-state index in [-0.39, 0.29) is 6.04 Å². The lowest BCUT2D eigenvalue weighted by Crippen LogP contribution is -2.36. The molecule has 0 bridgehead atoms. The van der Waals surface area contributed by atoms with Crippen molar-refractivity contribution in [2.24, 2.45) is 11.6 Å². The molecule has 1 rings (SSSR count). The van der Waals surface area contributed by atoms with E-state index >= 15 is 0 Å². The Hall–Kier alpha value is -1.20. The van der Waals surface area contributed by atoms with Crippen LogP contribution < -0.4 is 16.9 Å². The molecule has 0 aromatic heterocycles. The average Bonchev–Trinajstić information content (AvgIpc) is 2.25. The zero-order chi connectivity index (χ0) is 12.1. The topological polar surface area (TPSA) is 67.3 Å². The van der Waals surface area contributed by atoms with E-state index in [1.54, 1.807) is 7.05 Å². The predicted octanol–water partition coefficient (Wildman–Crippen LogP) is 1.62. The van der Waals surface area contributed by atoms with Gasteiger partial charge < -0.3 is 11.1 Å². The third kappa shape index (κ3) is 3.43. The summed E-state index contributed by atoms with van der Waals surface area (Å²) in [5.74, 6) is 6.33. The number of nitrogens with one attached hydrogen (secondary N) is 1. The standard InChI is InChI=1S/C11H17BrN4/c1-8(9-6-4-3-5-7-9)15-11(10(12)13)16(2)14/h3-8,15H,13-14H2,1-2H3/b11-10-. The van der Waals surface area contributed by atoms with Gasteiger partial charge in [0.2, 0.25) is 0 Å². The maximum Gasteiger partial charge on any atom is 0.147 e. The Balaban J connectivity index is 2.78. The van der Waals surface area contributed by atoms with Crippen LogP contribution >= 0.6 is 15.9 Å². The summed E-state index contributed by atoms with van der Waals surface area (Å²) in [5.41, 5.74) is 6.85. The summed E-state index contributed by atoms with van der Waals surface area (Å²) >= 11 is 3.22. The fraction of sp³-hybridized carbons (Fsp3) is 0.273. The van der Waals surface area contributed by atoms with Crippen LogP contribution in [0.5, 0.6) is 0 Å². The first-order chi connectivity index (χ1) is 7.52. The molecule has 4 nitrogen and oxygen atoms in total. The van der Waals surface area contributed by atoms with Crippen LogP contribution in [0.3, 0.4) is 0 Å². The van der Waals surface area contributed by atoms with Gasteiger partial charge in [-0.1, -0.05) is 30.3 Å². The van der Waals surface area contributed by atoms with Gasteiger partial charge in [0.25, 0.3) is 0 Å². The minimum Gasteiger partial charge on any atom is -0.390 e. The van der Waals surface area contributed by atoms with Crippen LogP contribution in [0.2, 0.25) is 0 Å². The molecule has 0 aliphatic rings. The molecule has 5 N–H and O–H groups in total. The van der Waals surface area contributed by atoms with Gasteiger partial charge in [-0.15, -0.1) is 0 Å². The molecule has 1 aromatic carbocycles. The Morgan fingerprint density at radius 3 is 2.38 bits per heavy atom. The quantitative estimate of drug-likeness (QED) is 0.447. The summed E-state index contributed by atoms with van der Waals surface area (Å²) in [4.78, 5) is 0. The van der Waals surface area contributed by atoms with E-state index in [1.165, 1.54) is 10.6 Å². The lowest BCUT2D eigenvalue weighted by atomic mass is 10.1. The van der Waals surface area contributed by atoms with Crippen molar-refractivity contribution in [1.82, 2.24) is 10.3 Å². The number of hydrazine groups is 1. The normalized spacial score (nSPS) is 14.0. The smallest absolute Gasteiger partial charge is 0.147 e. The maximum atomic E-state index is 5.68. The van der Waals surface area contributed by atoms with Crippen LogP contribution in [0, 0.1) is 0 Å². The second-order valence-corrected chi connectivity index (χ2v) is 4.44. The molecule has 0 heterocycles. The molecule has 88 valence electrons. The van der Waals surface area contributed by atoms with Crippen molar-refractivity contribution in [3.8, 4) is 0 Å². The molecule has 0 spiro atoms. The molecule has 1 unspecified atom stereocenters. The second-order valence-electron chi connectivity index (χ2n) is 3.58. The van der Waals surface area contributed by atoms with Gasteiger partial charge >= 0.3 is 0 Å². The van der Waals surface area contributed by atoms with E-state index in [0.717, 1.165) is 0 Å². The van der Waals surface area contributed by atoms with Gasteiger partial charge in [0, 0.05) is 7.05 Å². The monoisotopic (exact) mass is 284 g/mol. The molecule has 5 heteroatoms. The molecule has 0 fully saturated rings. The summed E-state index contributed by atoms with van der Waals surface area (Å²) in [7, 11) is 1.73. The highest BCUT2D eigenvalue weighted by molar-refractivity contribution is 9.11. The highest BCUT2D eigenvalue weighted by atomic mass is 79.9. The summed E-state index contributed by atoms with van der Waals surface area (Å²) in [6, 6.07) is 10.2. The van der Waals surface area contributed by atoms with Crippen LogP contribution in [-0.4, -0.2) is 12.1 Å².